The Labute approximate surface area is 223 Å². The van der Waals surface area contributed by atoms with E-state index in [9.17, 15) is 24.6 Å². The predicted molar refractivity (Wildman–Crippen MR) is 134 cm³/mol. The number of fused-ring (bicyclic) bond motifs is 2. The Morgan fingerprint density at radius 3 is 2.59 bits per heavy atom. The smallest absolute Gasteiger partial charge is 0.255 e. The van der Waals surface area contributed by atoms with E-state index in [1.54, 1.807) is 12.1 Å². The van der Waals surface area contributed by atoms with Crippen LogP contribution in [-0.4, -0.2) is 98.9 Å². The maximum atomic E-state index is 13.5. The lowest BCUT2D eigenvalue weighted by Gasteiger charge is -2.51. The Kier molecular flexibility index (Phi) is 4.84. The number of aliphatic hydroxyl groups is 2. The van der Waals surface area contributed by atoms with Crippen LogP contribution in [0.3, 0.4) is 0 Å². The summed E-state index contributed by atoms with van der Waals surface area (Å²) in [6.45, 7) is 0.231. The zero-order valence-electron chi connectivity index (χ0n) is 21.0. The van der Waals surface area contributed by atoms with Gasteiger partial charge in [-0.15, -0.1) is 0 Å². The Bertz CT molecular complexity index is 1330. The predicted octanol–water partition coefficient (Wildman–Crippen LogP) is -2.16. The minimum absolute atomic E-state index is 0.0510. The third-order valence-electron chi connectivity index (χ3n) is 9.25. The number of likely N-dealkylation sites (tertiary alicyclic amines) is 1. The molecule has 0 bridgehead atoms. The summed E-state index contributed by atoms with van der Waals surface area (Å²) in [6.07, 6.45) is 3.18. The van der Waals surface area contributed by atoms with Gasteiger partial charge in [0.15, 0.2) is 17.6 Å². The van der Waals surface area contributed by atoms with E-state index in [0.29, 0.717) is 17.9 Å². The number of amides is 3. The number of carbonyl (C=O) groups is 3. The summed E-state index contributed by atoms with van der Waals surface area (Å²) in [7, 11) is 0. The van der Waals surface area contributed by atoms with E-state index < -0.39 is 35.5 Å². The van der Waals surface area contributed by atoms with Gasteiger partial charge in [-0.1, -0.05) is 12.1 Å². The van der Waals surface area contributed by atoms with Crippen molar-refractivity contribution in [2.45, 2.75) is 67.1 Å². The van der Waals surface area contributed by atoms with E-state index in [1.165, 1.54) is 4.90 Å². The van der Waals surface area contributed by atoms with Crippen molar-refractivity contribution < 1.29 is 29.3 Å². The number of ether oxygens (including phenoxy) is 1. The van der Waals surface area contributed by atoms with Crippen LogP contribution in [0, 0.1) is 10.8 Å². The van der Waals surface area contributed by atoms with Gasteiger partial charge in [0.05, 0.1) is 30.8 Å². The van der Waals surface area contributed by atoms with Gasteiger partial charge in [0.2, 0.25) is 17.6 Å². The van der Waals surface area contributed by atoms with Gasteiger partial charge in [-0.25, -0.2) is 0 Å². The molecule has 1 aromatic rings. The Hall–Kier alpha value is -3.91. The molecule has 7 rings (SSSR count). The summed E-state index contributed by atoms with van der Waals surface area (Å²) in [5.41, 5.74) is -0.477. The molecule has 14 nitrogen and oxygen atoms in total. The summed E-state index contributed by atoms with van der Waals surface area (Å²) >= 11 is 0. The SMILES string of the molecule is N=C1NC2[C@H](CN3C(=O)CCC3=O)NC(=N)N3C[C@H](NC(=O)c4cccc5c4OCCC54CC4)C(O)(O)C23N1. The largest absolute Gasteiger partial charge is 0.492 e. The molecule has 5 aliphatic heterocycles. The fraction of sp³-hybridized carbons (Fsp3) is 0.560. The van der Waals surface area contributed by atoms with Gasteiger partial charge in [0.25, 0.3) is 5.91 Å². The molecule has 2 unspecified atom stereocenters. The van der Waals surface area contributed by atoms with Gasteiger partial charge in [-0.2, -0.15) is 0 Å². The molecule has 1 aliphatic carbocycles. The average molecular weight is 539 g/mol. The van der Waals surface area contributed by atoms with Crippen molar-refractivity contribution >= 4 is 29.6 Å². The van der Waals surface area contributed by atoms with Crippen LogP contribution in [0.15, 0.2) is 18.2 Å². The first-order valence-electron chi connectivity index (χ1n) is 13.2. The number of benzene rings is 1. The van der Waals surface area contributed by atoms with Crippen molar-refractivity contribution in [3.05, 3.63) is 29.3 Å². The van der Waals surface area contributed by atoms with Gasteiger partial charge >= 0.3 is 0 Å². The third kappa shape index (κ3) is 3.18. The number of rotatable bonds is 4. The minimum atomic E-state index is -2.66. The second kappa shape index (κ2) is 7.82. The Balaban J connectivity index is 1.19. The minimum Gasteiger partial charge on any atom is -0.492 e. The van der Waals surface area contributed by atoms with Crippen molar-refractivity contribution in [1.82, 2.24) is 31.1 Å². The van der Waals surface area contributed by atoms with Crippen LogP contribution in [0.2, 0.25) is 0 Å². The number of nitrogens with one attached hydrogen (secondary N) is 6. The molecule has 1 saturated carbocycles. The van der Waals surface area contributed by atoms with Crippen molar-refractivity contribution in [1.29, 1.82) is 10.8 Å². The standard InChI is InChI=1S/C25H30N8O6/c26-21-30-19-14(10-32-16(34)4-5-17(32)35)28-22(27)33-11-15(25(37,38)24(19,33)31-21)29-20(36)12-2-1-3-13-18(12)39-9-8-23(13)6-7-23/h1-3,14-15,19,37-38H,4-11H2,(H2,27,28)(H,29,36)(H3,26,30,31)/t14-,15-,19?,24?/m0/s1. The van der Waals surface area contributed by atoms with Gasteiger partial charge in [-0.3, -0.25) is 30.1 Å². The van der Waals surface area contributed by atoms with Crippen molar-refractivity contribution in [3.8, 4) is 5.75 Å². The molecule has 39 heavy (non-hydrogen) atoms. The highest BCUT2D eigenvalue weighted by atomic mass is 16.5. The first-order chi connectivity index (χ1) is 18.6. The van der Waals surface area contributed by atoms with Crippen LogP contribution in [-0.2, 0) is 15.0 Å². The zero-order valence-corrected chi connectivity index (χ0v) is 21.0. The lowest BCUT2D eigenvalue weighted by Crippen LogP contribution is -2.81. The summed E-state index contributed by atoms with van der Waals surface area (Å²) in [4.78, 5) is 40.6. The number of guanidine groups is 2. The molecule has 0 aromatic heterocycles. The zero-order chi connectivity index (χ0) is 27.3. The number of para-hydroxylation sites is 1. The molecule has 206 valence electrons. The molecule has 5 fully saturated rings. The van der Waals surface area contributed by atoms with E-state index in [4.69, 9.17) is 15.6 Å². The van der Waals surface area contributed by atoms with E-state index in [-0.39, 0.29) is 55.1 Å². The summed E-state index contributed by atoms with van der Waals surface area (Å²) < 4.78 is 5.91. The topological polar surface area (TPSA) is 203 Å². The average Bonchev–Trinajstić information content (AvgIpc) is 3.38. The van der Waals surface area contributed by atoms with Crippen LogP contribution < -0.4 is 26.0 Å². The second-order valence-corrected chi connectivity index (χ2v) is 11.3. The number of nitrogens with zero attached hydrogens (tertiary/aromatic N) is 2. The van der Waals surface area contributed by atoms with Gasteiger partial charge in [-0.05, 0) is 25.3 Å². The van der Waals surface area contributed by atoms with Gasteiger partial charge < -0.3 is 41.1 Å². The van der Waals surface area contributed by atoms with E-state index in [0.717, 1.165) is 29.7 Å². The van der Waals surface area contributed by atoms with Crippen LogP contribution in [0.1, 0.15) is 48.0 Å². The summed E-state index contributed by atoms with van der Waals surface area (Å²) in [5, 5.41) is 51.6. The molecule has 5 heterocycles. The first-order valence-corrected chi connectivity index (χ1v) is 13.2. The molecule has 3 amide bonds. The van der Waals surface area contributed by atoms with Crippen molar-refractivity contribution in [3.63, 3.8) is 0 Å². The molecule has 14 heteroatoms. The van der Waals surface area contributed by atoms with Gasteiger partial charge in [0.1, 0.15) is 11.8 Å². The molecule has 6 aliphatic rings. The molecule has 0 radical (unpaired) electrons. The van der Waals surface area contributed by atoms with E-state index in [2.05, 4.69) is 21.3 Å². The fourth-order valence-corrected chi connectivity index (χ4v) is 7.03. The second-order valence-electron chi connectivity index (χ2n) is 11.3. The maximum absolute atomic E-state index is 13.5. The van der Waals surface area contributed by atoms with Crippen LogP contribution in [0.25, 0.3) is 0 Å². The van der Waals surface area contributed by atoms with Crippen molar-refractivity contribution in [2.75, 3.05) is 19.7 Å². The quantitative estimate of drug-likeness (QED) is 0.154. The molecule has 2 spiro atoms. The fourth-order valence-electron chi connectivity index (χ4n) is 7.03. The van der Waals surface area contributed by atoms with E-state index >= 15 is 0 Å². The monoisotopic (exact) mass is 538 g/mol. The Morgan fingerprint density at radius 1 is 1.13 bits per heavy atom. The molecule has 4 atom stereocenters. The lowest BCUT2D eigenvalue weighted by atomic mass is 9.84. The third-order valence-corrected chi connectivity index (χ3v) is 9.25. The lowest BCUT2D eigenvalue weighted by molar-refractivity contribution is -0.232. The summed E-state index contributed by atoms with van der Waals surface area (Å²) in [6, 6.07) is 2.40. The summed E-state index contributed by atoms with van der Waals surface area (Å²) in [5.74, 6) is -3.79. The molecule has 1 aromatic carbocycles. The molecule has 4 saturated heterocycles. The Morgan fingerprint density at radius 2 is 1.87 bits per heavy atom. The maximum Gasteiger partial charge on any atom is 0.255 e. The molecule has 8 N–H and O–H groups in total. The number of hydrogen-bond donors (Lipinski definition) is 8. The number of hydrogen-bond acceptors (Lipinski definition) is 8. The highest BCUT2D eigenvalue weighted by Gasteiger charge is 2.74. The number of imide groups is 1. The van der Waals surface area contributed by atoms with Gasteiger partial charge in [0, 0.05) is 30.4 Å². The highest BCUT2D eigenvalue weighted by Crippen LogP contribution is 2.56. The van der Waals surface area contributed by atoms with Crippen LogP contribution in [0.4, 0.5) is 0 Å². The molecular weight excluding hydrogens is 508 g/mol. The first kappa shape index (κ1) is 24.2. The van der Waals surface area contributed by atoms with E-state index in [1.807, 2.05) is 6.07 Å². The van der Waals surface area contributed by atoms with Crippen molar-refractivity contribution in [2.24, 2.45) is 0 Å². The van der Waals surface area contributed by atoms with Crippen LogP contribution >= 0.6 is 0 Å². The number of carbonyl (C=O) groups excluding carboxylic acids is 3. The normalized spacial score (nSPS) is 33.0. The highest BCUT2D eigenvalue weighted by molar-refractivity contribution is 6.02. The molecular formula is C25H30N8O6. The van der Waals surface area contributed by atoms with Crippen LogP contribution in [0.5, 0.6) is 5.75 Å².